The van der Waals surface area contributed by atoms with Crippen LogP contribution in [0.2, 0.25) is 5.15 Å². The van der Waals surface area contributed by atoms with Crippen molar-refractivity contribution in [1.82, 2.24) is 58.6 Å². The van der Waals surface area contributed by atoms with E-state index < -0.39 is 0 Å². The number of hydrogen-bond donors (Lipinski definition) is 1. The molecular formula is C47H36ClN13. The molecule has 0 bridgehead atoms. The second kappa shape index (κ2) is 16.2. The largest absolute Gasteiger partial charge is 0.383 e. The van der Waals surface area contributed by atoms with Crippen LogP contribution in [0.3, 0.4) is 0 Å². The molecule has 0 saturated carbocycles. The minimum atomic E-state index is 0. The number of anilines is 1. The third-order valence-corrected chi connectivity index (χ3v) is 10.6. The van der Waals surface area contributed by atoms with Crippen LogP contribution in [0.4, 0.5) is 5.82 Å². The highest BCUT2D eigenvalue weighted by Crippen LogP contribution is 2.27. The van der Waals surface area contributed by atoms with Gasteiger partial charge in [0.25, 0.3) is 0 Å². The van der Waals surface area contributed by atoms with Crippen LogP contribution in [0.1, 0.15) is 13.1 Å². The second-order valence-corrected chi connectivity index (χ2v) is 14.2. The van der Waals surface area contributed by atoms with E-state index in [4.69, 9.17) is 17.3 Å². The Balaban J connectivity index is 0.000000116. The lowest BCUT2D eigenvalue weighted by molar-refractivity contribution is 1.04. The average Bonchev–Trinajstić information content (AvgIpc) is 4.05. The van der Waals surface area contributed by atoms with E-state index >= 15 is 0 Å². The van der Waals surface area contributed by atoms with Crippen LogP contribution in [0, 0.1) is 6.92 Å². The number of fused-ring (bicyclic) bond motifs is 6. The first kappa shape index (κ1) is 38.4. The molecular weight excluding hydrogens is 782 g/mol. The first-order valence-electron chi connectivity index (χ1n) is 18.8. The Morgan fingerprint density at radius 1 is 0.426 bits per heavy atom. The predicted molar refractivity (Wildman–Crippen MR) is 243 cm³/mol. The standard InChI is InChI=1S/C16H12N4.C15H9ClN4.C15H11N5.CH4/c1-11-14-8-16(19-9-13(14)3-6-18-11)20-7-4-12-2-5-17-10-15(12)20;2*16-15-12-7-14(19-8-11(12)2-5-18-15)20-6-3-10-1-4-17-9-13(10)20;/h2-10H,1H3;1-9H;1-9H,(H2,16,18);1H4. The lowest BCUT2D eigenvalue weighted by Crippen LogP contribution is -1.98. The van der Waals surface area contributed by atoms with Crippen LogP contribution >= 0.6 is 11.6 Å². The van der Waals surface area contributed by atoms with Gasteiger partial charge in [-0.25, -0.2) is 24.9 Å². The van der Waals surface area contributed by atoms with Gasteiger partial charge in [0.2, 0.25) is 0 Å². The van der Waals surface area contributed by atoms with Crippen LogP contribution in [-0.4, -0.2) is 58.6 Å². The van der Waals surface area contributed by atoms with Gasteiger partial charge < -0.3 is 5.73 Å². The molecule has 12 rings (SSSR count). The summed E-state index contributed by atoms with van der Waals surface area (Å²) in [5.41, 5.74) is 10.0. The summed E-state index contributed by atoms with van der Waals surface area (Å²) in [6.07, 6.45) is 27.5. The van der Waals surface area contributed by atoms with Crippen molar-refractivity contribution in [2.75, 3.05) is 5.73 Å². The van der Waals surface area contributed by atoms with Gasteiger partial charge in [-0.3, -0.25) is 33.6 Å². The zero-order chi connectivity index (χ0) is 40.6. The minimum absolute atomic E-state index is 0. The lowest BCUT2D eigenvalue weighted by atomic mass is 10.2. The van der Waals surface area contributed by atoms with Gasteiger partial charge in [-0.2, -0.15) is 0 Å². The molecule has 0 atom stereocenters. The van der Waals surface area contributed by atoms with Crippen LogP contribution in [0.25, 0.3) is 82.5 Å². The van der Waals surface area contributed by atoms with Gasteiger partial charge in [-0.1, -0.05) is 19.0 Å². The SMILES string of the molecule is C.Cc1nccc2cnc(-n3ccc4ccncc43)cc12.Clc1nccc2cnc(-n3ccc4ccncc43)cc12.Nc1nccc2cnc(-n3ccc4ccncc43)cc12. The van der Waals surface area contributed by atoms with E-state index in [2.05, 4.69) is 57.0 Å². The highest BCUT2D eigenvalue weighted by molar-refractivity contribution is 6.34. The highest BCUT2D eigenvalue weighted by atomic mass is 35.5. The summed E-state index contributed by atoms with van der Waals surface area (Å²) < 4.78 is 6.04. The Labute approximate surface area is 353 Å². The number of nitrogens with zero attached hydrogens (tertiary/aromatic N) is 12. The molecule has 0 unspecified atom stereocenters. The van der Waals surface area contributed by atoms with Crippen molar-refractivity contribution >= 4 is 82.4 Å². The Kier molecular flexibility index (Phi) is 10.2. The molecule has 13 nitrogen and oxygen atoms in total. The molecule has 61 heavy (non-hydrogen) atoms. The molecule has 0 aliphatic heterocycles. The quantitative estimate of drug-likeness (QED) is 0.170. The van der Waals surface area contributed by atoms with E-state index in [0.29, 0.717) is 11.0 Å². The molecule has 12 heterocycles. The van der Waals surface area contributed by atoms with Gasteiger partial charge in [0.05, 0.1) is 35.1 Å². The monoisotopic (exact) mass is 817 g/mol. The second-order valence-electron chi connectivity index (χ2n) is 13.8. The molecule has 0 aromatic carbocycles. The van der Waals surface area contributed by atoms with E-state index in [-0.39, 0.29) is 7.43 Å². The minimum Gasteiger partial charge on any atom is -0.383 e. The summed E-state index contributed by atoms with van der Waals surface area (Å²) in [5.74, 6) is 3.01. The van der Waals surface area contributed by atoms with Crippen molar-refractivity contribution in [2.45, 2.75) is 14.4 Å². The molecule has 0 saturated heterocycles. The molecule has 0 spiro atoms. The van der Waals surface area contributed by atoms with Gasteiger partial charge in [0.15, 0.2) is 0 Å². The summed E-state index contributed by atoms with van der Waals surface area (Å²) in [4.78, 5) is 38.6. The number of pyridine rings is 9. The van der Waals surface area contributed by atoms with Crippen molar-refractivity contribution in [3.63, 3.8) is 0 Å². The third-order valence-electron chi connectivity index (χ3n) is 10.3. The first-order valence-corrected chi connectivity index (χ1v) is 19.2. The van der Waals surface area contributed by atoms with Crippen molar-refractivity contribution in [3.05, 3.63) is 177 Å². The maximum absolute atomic E-state index is 6.15. The van der Waals surface area contributed by atoms with Gasteiger partial charge in [0, 0.05) is 129 Å². The molecule has 2 N–H and O–H groups in total. The molecule has 0 aliphatic rings. The van der Waals surface area contributed by atoms with Crippen molar-refractivity contribution in [1.29, 1.82) is 0 Å². The predicted octanol–water partition coefficient (Wildman–Crippen LogP) is 10.1. The first-order chi connectivity index (χ1) is 29.5. The fraction of sp³-hybridized carbons (Fsp3) is 0.0426. The fourth-order valence-electron chi connectivity index (χ4n) is 7.21. The molecule has 0 amide bonds. The van der Waals surface area contributed by atoms with E-state index in [9.17, 15) is 0 Å². The fourth-order valence-corrected chi connectivity index (χ4v) is 7.43. The summed E-state index contributed by atoms with van der Waals surface area (Å²) in [6, 6.07) is 23.8. The van der Waals surface area contributed by atoms with Crippen molar-refractivity contribution in [3.8, 4) is 17.5 Å². The highest BCUT2D eigenvalue weighted by Gasteiger charge is 2.10. The van der Waals surface area contributed by atoms with Crippen LogP contribution < -0.4 is 5.73 Å². The number of nitrogen functional groups attached to an aromatic ring is 1. The number of nitrogens with two attached hydrogens (primary N) is 1. The maximum atomic E-state index is 6.15. The molecule has 0 radical (unpaired) electrons. The number of rotatable bonds is 3. The average molecular weight is 818 g/mol. The van der Waals surface area contributed by atoms with Crippen molar-refractivity contribution < 1.29 is 0 Å². The van der Waals surface area contributed by atoms with E-state index in [1.807, 2.05) is 137 Å². The van der Waals surface area contributed by atoms with Crippen LogP contribution in [0.15, 0.2) is 166 Å². The summed E-state index contributed by atoms with van der Waals surface area (Å²) in [6.45, 7) is 2.02. The third kappa shape index (κ3) is 7.30. The molecule has 12 aromatic rings. The zero-order valence-corrected chi connectivity index (χ0v) is 32.7. The van der Waals surface area contributed by atoms with Gasteiger partial charge in [-0.05, 0) is 79.7 Å². The number of halogens is 1. The smallest absolute Gasteiger partial charge is 0.137 e. The molecule has 296 valence electrons. The number of aromatic nitrogens is 12. The summed E-state index contributed by atoms with van der Waals surface area (Å²) >= 11 is 6.15. The molecule has 12 aromatic heterocycles. The normalized spacial score (nSPS) is 11.0. The van der Waals surface area contributed by atoms with E-state index in [1.54, 1.807) is 37.2 Å². The Bertz CT molecular complexity index is 3150. The van der Waals surface area contributed by atoms with Gasteiger partial charge >= 0.3 is 0 Å². The topological polar surface area (TPSA) is 157 Å². The summed E-state index contributed by atoms with van der Waals surface area (Å²) in [5, 5.41) is 9.89. The Morgan fingerprint density at radius 2 is 0.820 bits per heavy atom. The Morgan fingerprint density at radius 3 is 1.33 bits per heavy atom. The lowest BCUT2D eigenvalue weighted by Gasteiger charge is -2.07. The summed E-state index contributed by atoms with van der Waals surface area (Å²) in [7, 11) is 0. The van der Waals surface area contributed by atoms with Crippen molar-refractivity contribution in [2.24, 2.45) is 0 Å². The molecule has 0 fully saturated rings. The maximum Gasteiger partial charge on any atom is 0.137 e. The molecule has 14 heteroatoms. The molecule has 0 aliphatic carbocycles. The van der Waals surface area contributed by atoms with Gasteiger partial charge in [0.1, 0.15) is 28.4 Å². The Hall–Kier alpha value is -8.16. The van der Waals surface area contributed by atoms with E-state index in [1.165, 1.54) is 0 Å². The van der Waals surface area contributed by atoms with E-state index in [0.717, 1.165) is 88.2 Å². The number of aryl methyl sites for hydroxylation is 1. The van der Waals surface area contributed by atoms with Crippen LogP contribution in [-0.2, 0) is 0 Å². The van der Waals surface area contributed by atoms with Crippen LogP contribution in [0.5, 0.6) is 0 Å². The van der Waals surface area contributed by atoms with Gasteiger partial charge in [-0.15, -0.1) is 0 Å². The number of hydrogen-bond acceptors (Lipinski definition) is 10. The zero-order valence-electron chi connectivity index (χ0n) is 31.9.